The van der Waals surface area contributed by atoms with Gasteiger partial charge in [-0.1, -0.05) is 0 Å². The van der Waals surface area contributed by atoms with Crippen molar-refractivity contribution < 1.29 is 14.1 Å². The maximum atomic E-state index is 11.0. The lowest BCUT2D eigenvalue weighted by Crippen LogP contribution is -2.50. The number of hydrogen-bond donors (Lipinski definition) is 2. The molecular weight excluding hydrogens is 214 g/mol. The number of carbonyl (C=O) groups is 1. The molecule has 1 aromatic heterocycles. The topological polar surface area (TPSA) is 111 Å². The van der Waals surface area contributed by atoms with E-state index in [0.717, 1.165) is 0 Å². The molecule has 0 aliphatic rings. The van der Waals surface area contributed by atoms with Gasteiger partial charge in [-0.3, -0.25) is 20.2 Å². The van der Waals surface area contributed by atoms with E-state index >= 15 is 0 Å². The van der Waals surface area contributed by atoms with Crippen molar-refractivity contribution in [3.05, 3.63) is 28.0 Å². The second-order valence-corrected chi connectivity index (χ2v) is 3.84. The molecule has 0 unspecified atom stereocenters. The van der Waals surface area contributed by atoms with Crippen molar-refractivity contribution in [2.24, 2.45) is 5.73 Å². The van der Waals surface area contributed by atoms with E-state index in [-0.39, 0.29) is 12.4 Å². The van der Waals surface area contributed by atoms with Crippen LogP contribution in [0.3, 0.4) is 0 Å². The Labute approximate surface area is 91.8 Å². The highest BCUT2D eigenvalue weighted by atomic mass is 16.6. The van der Waals surface area contributed by atoms with Crippen molar-refractivity contribution in [3.8, 4) is 0 Å². The molecule has 0 aromatic carbocycles. The number of rotatable bonds is 5. The summed E-state index contributed by atoms with van der Waals surface area (Å²) in [6.07, 6.45) is 0. The molecule has 88 valence electrons. The zero-order valence-electron chi connectivity index (χ0n) is 9.02. The molecule has 3 N–H and O–H groups in total. The van der Waals surface area contributed by atoms with E-state index < -0.39 is 16.4 Å². The third-order valence-corrected chi connectivity index (χ3v) is 2.15. The third kappa shape index (κ3) is 2.80. The first-order chi connectivity index (χ1) is 7.33. The first-order valence-corrected chi connectivity index (χ1v) is 4.61. The van der Waals surface area contributed by atoms with Gasteiger partial charge in [-0.05, 0) is 19.9 Å². The van der Waals surface area contributed by atoms with E-state index in [1.807, 2.05) is 0 Å². The van der Waals surface area contributed by atoms with Crippen molar-refractivity contribution in [3.63, 3.8) is 0 Å². The Bertz CT molecular complexity index is 411. The monoisotopic (exact) mass is 227 g/mol. The van der Waals surface area contributed by atoms with E-state index in [4.69, 9.17) is 10.2 Å². The molecular formula is C9H13N3O4. The van der Waals surface area contributed by atoms with Crippen LogP contribution in [-0.2, 0) is 11.3 Å². The fraction of sp³-hybridized carbons (Fsp3) is 0.444. The molecule has 1 aromatic rings. The van der Waals surface area contributed by atoms with Crippen molar-refractivity contribution in [1.29, 1.82) is 0 Å². The average Bonchev–Trinajstić information content (AvgIpc) is 2.63. The summed E-state index contributed by atoms with van der Waals surface area (Å²) >= 11 is 0. The molecule has 1 heterocycles. The number of carbonyl (C=O) groups excluding carboxylic acids is 1. The molecule has 16 heavy (non-hydrogen) atoms. The van der Waals surface area contributed by atoms with Crippen molar-refractivity contribution in [2.45, 2.75) is 25.9 Å². The van der Waals surface area contributed by atoms with Gasteiger partial charge in [-0.25, -0.2) is 0 Å². The summed E-state index contributed by atoms with van der Waals surface area (Å²) in [4.78, 5) is 20.7. The first-order valence-electron chi connectivity index (χ1n) is 4.61. The smallest absolute Gasteiger partial charge is 0.404 e. The van der Waals surface area contributed by atoms with Crippen LogP contribution in [0.25, 0.3) is 0 Å². The van der Waals surface area contributed by atoms with Crippen molar-refractivity contribution >= 4 is 11.8 Å². The Kier molecular flexibility index (Phi) is 3.28. The van der Waals surface area contributed by atoms with Crippen LogP contribution in [0.15, 0.2) is 16.5 Å². The Hall–Kier alpha value is -1.89. The summed E-state index contributed by atoms with van der Waals surface area (Å²) in [6, 6.07) is 2.73. The summed E-state index contributed by atoms with van der Waals surface area (Å²) in [7, 11) is 0. The number of nitrogens with two attached hydrogens (primary N) is 1. The maximum Gasteiger partial charge on any atom is 0.433 e. The number of hydrogen-bond acceptors (Lipinski definition) is 5. The first kappa shape index (κ1) is 12.2. The predicted molar refractivity (Wildman–Crippen MR) is 55.5 cm³/mol. The molecule has 0 radical (unpaired) electrons. The van der Waals surface area contributed by atoms with E-state index in [9.17, 15) is 14.9 Å². The normalized spacial score (nSPS) is 11.4. The number of nitro groups is 1. The molecule has 0 aliphatic heterocycles. The van der Waals surface area contributed by atoms with Crippen LogP contribution in [0.4, 0.5) is 5.88 Å². The zero-order chi connectivity index (χ0) is 12.3. The molecule has 7 heteroatoms. The fourth-order valence-corrected chi connectivity index (χ4v) is 0.955. The van der Waals surface area contributed by atoms with Crippen LogP contribution >= 0.6 is 0 Å². The Morgan fingerprint density at radius 3 is 2.69 bits per heavy atom. The van der Waals surface area contributed by atoms with E-state index in [1.54, 1.807) is 13.8 Å². The summed E-state index contributed by atoms with van der Waals surface area (Å²) in [5.41, 5.74) is 4.26. The van der Waals surface area contributed by atoms with Gasteiger partial charge in [0, 0.05) is 0 Å². The number of furan rings is 1. The van der Waals surface area contributed by atoms with Gasteiger partial charge in [0.05, 0.1) is 18.2 Å². The molecule has 0 spiro atoms. The summed E-state index contributed by atoms with van der Waals surface area (Å²) in [6.45, 7) is 3.43. The van der Waals surface area contributed by atoms with Gasteiger partial charge in [-0.2, -0.15) is 0 Å². The van der Waals surface area contributed by atoms with Gasteiger partial charge in [0.15, 0.2) is 0 Å². The molecule has 0 saturated heterocycles. The minimum absolute atomic E-state index is 0.198. The average molecular weight is 227 g/mol. The number of nitrogens with zero attached hydrogens (tertiary/aromatic N) is 1. The fourth-order valence-electron chi connectivity index (χ4n) is 0.955. The minimum atomic E-state index is -0.887. The van der Waals surface area contributed by atoms with Crippen LogP contribution < -0.4 is 11.1 Å². The van der Waals surface area contributed by atoms with Gasteiger partial charge in [0.2, 0.25) is 5.91 Å². The van der Waals surface area contributed by atoms with Gasteiger partial charge in [0.1, 0.15) is 10.7 Å². The molecule has 0 aliphatic carbocycles. The predicted octanol–water partition coefficient (Wildman–Crippen LogP) is 0.541. The third-order valence-electron chi connectivity index (χ3n) is 2.15. The summed E-state index contributed by atoms with van der Waals surface area (Å²) in [5.74, 6) is -0.455. The number of primary amides is 1. The Morgan fingerprint density at radius 2 is 2.25 bits per heavy atom. The summed E-state index contributed by atoms with van der Waals surface area (Å²) < 4.78 is 4.91. The minimum Gasteiger partial charge on any atom is -0.404 e. The number of nitrogens with one attached hydrogen (secondary N) is 1. The summed E-state index contributed by atoms with van der Waals surface area (Å²) in [5, 5.41) is 13.2. The highest BCUT2D eigenvalue weighted by Crippen LogP contribution is 2.16. The van der Waals surface area contributed by atoms with E-state index in [1.165, 1.54) is 12.1 Å². The van der Waals surface area contributed by atoms with Crippen LogP contribution in [0.5, 0.6) is 0 Å². The number of amides is 1. The molecule has 0 fully saturated rings. The molecule has 0 atom stereocenters. The lowest BCUT2D eigenvalue weighted by atomic mass is 10.1. The second-order valence-electron chi connectivity index (χ2n) is 3.84. The van der Waals surface area contributed by atoms with Crippen LogP contribution in [0.1, 0.15) is 19.6 Å². The second kappa shape index (κ2) is 4.31. The van der Waals surface area contributed by atoms with Crippen LogP contribution in [0, 0.1) is 10.1 Å². The Morgan fingerprint density at radius 1 is 1.62 bits per heavy atom. The molecule has 0 bridgehead atoms. The molecule has 1 rings (SSSR count). The van der Waals surface area contributed by atoms with Crippen molar-refractivity contribution in [2.75, 3.05) is 0 Å². The maximum absolute atomic E-state index is 11.0. The van der Waals surface area contributed by atoms with Crippen molar-refractivity contribution in [1.82, 2.24) is 5.32 Å². The Balaban J connectivity index is 2.61. The van der Waals surface area contributed by atoms with Crippen LogP contribution in [-0.4, -0.2) is 16.4 Å². The quantitative estimate of drug-likeness (QED) is 0.563. The largest absolute Gasteiger partial charge is 0.433 e. The zero-order valence-corrected chi connectivity index (χ0v) is 9.02. The van der Waals surface area contributed by atoms with Gasteiger partial charge in [-0.15, -0.1) is 0 Å². The SMILES string of the molecule is CC(C)(NCc1ccc([N+](=O)[O-])o1)C(N)=O. The lowest BCUT2D eigenvalue weighted by molar-refractivity contribution is -0.402. The van der Waals surface area contributed by atoms with Gasteiger partial charge < -0.3 is 10.2 Å². The van der Waals surface area contributed by atoms with E-state index in [0.29, 0.717) is 5.76 Å². The molecule has 0 saturated carbocycles. The highest BCUT2D eigenvalue weighted by Gasteiger charge is 2.24. The molecule has 7 nitrogen and oxygen atoms in total. The molecule has 1 amide bonds. The standard InChI is InChI=1S/C9H13N3O4/c1-9(2,8(10)13)11-5-6-3-4-7(16-6)12(14)15/h3-4,11H,5H2,1-2H3,(H2,10,13). The van der Waals surface area contributed by atoms with Gasteiger partial charge in [0.25, 0.3) is 0 Å². The van der Waals surface area contributed by atoms with Crippen LogP contribution in [0.2, 0.25) is 0 Å². The highest BCUT2D eigenvalue weighted by molar-refractivity contribution is 5.83. The lowest BCUT2D eigenvalue weighted by Gasteiger charge is -2.21. The van der Waals surface area contributed by atoms with Gasteiger partial charge >= 0.3 is 5.88 Å². The van der Waals surface area contributed by atoms with E-state index in [2.05, 4.69) is 5.32 Å².